The van der Waals surface area contributed by atoms with E-state index in [1.54, 1.807) is 18.2 Å². The summed E-state index contributed by atoms with van der Waals surface area (Å²) in [5.74, 6) is -0.269. The summed E-state index contributed by atoms with van der Waals surface area (Å²) < 4.78 is 2.49. The number of nitrogens with one attached hydrogen (secondary N) is 1. The van der Waals surface area contributed by atoms with E-state index in [0.29, 0.717) is 28.9 Å². The van der Waals surface area contributed by atoms with E-state index in [1.165, 1.54) is 9.13 Å². The first-order chi connectivity index (χ1) is 11.4. The van der Waals surface area contributed by atoms with Crippen LogP contribution in [0.5, 0.6) is 0 Å². The molecule has 24 heavy (non-hydrogen) atoms. The van der Waals surface area contributed by atoms with Crippen molar-refractivity contribution in [3.05, 3.63) is 44.1 Å². The molecule has 0 aliphatic carbocycles. The Bertz CT molecular complexity index is 870. The Hall–Kier alpha value is -2.08. The van der Waals surface area contributed by atoms with Gasteiger partial charge in [-0.1, -0.05) is 25.4 Å². The van der Waals surface area contributed by atoms with E-state index < -0.39 is 5.69 Å². The average Bonchev–Trinajstić information content (AvgIpc) is 2.55. The lowest BCUT2D eigenvalue weighted by Gasteiger charge is -2.16. The summed E-state index contributed by atoms with van der Waals surface area (Å²) in [6, 6.07) is 4.76. The van der Waals surface area contributed by atoms with Gasteiger partial charge in [0, 0.05) is 17.6 Å². The number of carbonyl (C=O) groups is 1. The molecule has 0 aliphatic rings. The van der Waals surface area contributed by atoms with Gasteiger partial charge >= 0.3 is 5.69 Å². The van der Waals surface area contributed by atoms with Crippen LogP contribution in [-0.4, -0.2) is 21.1 Å². The van der Waals surface area contributed by atoms with Crippen LogP contribution >= 0.6 is 11.6 Å². The number of fused-ring (bicyclic) bond motifs is 1. The predicted octanol–water partition coefficient (Wildman–Crippen LogP) is 2.14. The van der Waals surface area contributed by atoms with E-state index in [1.807, 2.05) is 20.8 Å². The van der Waals surface area contributed by atoms with Crippen LogP contribution in [0.1, 0.15) is 33.6 Å². The maximum Gasteiger partial charge on any atom is 0.331 e. The number of hydrogen-bond acceptors (Lipinski definition) is 3. The molecule has 0 saturated heterocycles. The number of halogens is 1. The zero-order chi connectivity index (χ0) is 17.9. The van der Waals surface area contributed by atoms with Crippen molar-refractivity contribution < 1.29 is 4.79 Å². The van der Waals surface area contributed by atoms with Gasteiger partial charge in [-0.2, -0.15) is 0 Å². The third-order valence-corrected chi connectivity index (χ3v) is 4.19. The smallest absolute Gasteiger partial charge is 0.331 e. The molecular formula is C17H22ClN3O3. The first-order valence-corrected chi connectivity index (χ1v) is 8.49. The number of rotatable bonds is 6. The van der Waals surface area contributed by atoms with E-state index in [2.05, 4.69) is 5.32 Å². The summed E-state index contributed by atoms with van der Waals surface area (Å²) in [4.78, 5) is 37.4. The predicted molar refractivity (Wildman–Crippen MR) is 95.7 cm³/mol. The Balaban J connectivity index is 2.62. The van der Waals surface area contributed by atoms with E-state index in [0.717, 1.165) is 6.42 Å². The fraction of sp³-hybridized carbons (Fsp3) is 0.471. The molecule has 0 aliphatic heterocycles. The molecule has 0 radical (unpaired) electrons. The van der Waals surface area contributed by atoms with E-state index in [-0.39, 0.29) is 24.1 Å². The van der Waals surface area contributed by atoms with E-state index in [4.69, 9.17) is 11.6 Å². The number of aromatic nitrogens is 2. The van der Waals surface area contributed by atoms with Crippen molar-refractivity contribution in [3.63, 3.8) is 0 Å². The SMILES string of the molecule is CCCn1c(=O)c2ccc(Cl)cc2n(CC(=O)NC(C)CC)c1=O. The quantitative estimate of drug-likeness (QED) is 0.866. The maximum atomic E-state index is 12.7. The molecule has 0 bridgehead atoms. The molecule has 1 N–H and O–H groups in total. The van der Waals surface area contributed by atoms with Crippen molar-refractivity contribution in [1.29, 1.82) is 0 Å². The van der Waals surface area contributed by atoms with Gasteiger partial charge in [-0.3, -0.25) is 18.7 Å². The standard InChI is InChI=1S/C17H22ClN3O3/c1-4-8-20-16(23)13-7-6-12(18)9-14(13)21(17(20)24)10-15(22)19-11(3)5-2/h6-7,9,11H,4-5,8,10H2,1-3H3,(H,19,22). The van der Waals surface area contributed by atoms with Crippen molar-refractivity contribution in [2.24, 2.45) is 0 Å². The van der Waals surface area contributed by atoms with Crippen LogP contribution in [0, 0.1) is 0 Å². The lowest BCUT2D eigenvalue weighted by atomic mass is 10.2. The van der Waals surface area contributed by atoms with Crippen molar-refractivity contribution in [3.8, 4) is 0 Å². The lowest BCUT2D eigenvalue weighted by molar-refractivity contribution is -0.122. The minimum absolute atomic E-state index is 0.0181. The molecule has 0 fully saturated rings. The second-order valence-corrected chi connectivity index (χ2v) is 6.30. The molecule has 1 aromatic heterocycles. The first kappa shape index (κ1) is 18.3. The Kier molecular flexibility index (Phi) is 5.83. The third kappa shape index (κ3) is 3.70. The highest BCUT2D eigenvalue weighted by Crippen LogP contribution is 2.15. The Labute approximate surface area is 145 Å². The van der Waals surface area contributed by atoms with Crippen molar-refractivity contribution in [2.75, 3.05) is 0 Å². The van der Waals surface area contributed by atoms with Gasteiger partial charge in [0.15, 0.2) is 0 Å². The summed E-state index contributed by atoms with van der Waals surface area (Å²) in [7, 11) is 0. The number of hydrogen-bond donors (Lipinski definition) is 1. The minimum atomic E-state index is -0.490. The van der Waals surface area contributed by atoms with Gasteiger partial charge in [0.05, 0.1) is 10.9 Å². The van der Waals surface area contributed by atoms with Crippen molar-refractivity contribution >= 4 is 28.4 Å². The van der Waals surface area contributed by atoms with E-state index >= 15 is 0 Å². The lowest BCUT2D eigenvalue weighted by Crippen LogP contribution is -2.43. The monoisotopic (exact) mass is 351 g/mol. The van der Waals surface area contributed by atoms with Gasteiger partial charge in [-0.05, 0) is 38.0 Å². The van der Waals surface area contributed by atoms with Crippen molar-refractivity contribution in [1.82, 2.24) is 14.5 Å². The van der Waals surface area contributed by atoms with Crippen LogP contribution in [0.2, 0.25) is 5.02 Å². The molecule has 130 valence electrons. The molecule has 1 aromatic carbocycles. The van der Waals surface area contributed by atoms with Crippen LogP contribution in [0.3, 0.4) is 0 Å². The minimum Gasteiger partial charge on any atom is -0.352 e. The maximum absolute atomic E-state index is 12.7. The molecule has 0 spiro atoms. The van der Waals surface area contributed by atoms with Gasteiger partial charge < -0.3 is 5.32 Å². The molecule has 1 unspecified atom stereocenters. The van der Waals surface area contributed by atoms with Crippen LogP contribution in [-0.2, 0) is 17.9 Å². The van der Waals surface area contributed by atoms with Gasteiger partial charge in [0.2, 0.25) is 5.91 Å². The molecule has 7 heteroatoms. The zero-order valence-corrected chi connectivity index (χ0v) is 14.9. The number of carbonyl (C=O) groups excluding carboxylic acids is 1. The number of benzene rings is 1. The van der Waals surface area contributed by atoms with E-state index in [9.17, 15) is 14.4 Å². The number of nitrogens with zero attached hydrogens (tertiary/aromatic N) is 2. The molecule has 0 saturated carbocycles. The molecule has 1 amide bonds. The zero-order valence-electron chi connectivity index (χ0n) is 14.1. The average molecular weight is 352 g/mol. The summed E-state index contributed by atoms with van der Waals surface area (Å²) in [5.41, 5.74) is -0.466. The molecular weight excluding hydrogens is 330 g/mol. The largest absolute Gasteiger partial charge is 0.352 e. The van der Waals surface area contributed by atoms with Crippen LogP contribution in [0.4, 0.5) is 0 Å². The Morgan fingerprint density at radius 3 is 2.58 bits per heavy atom. The fourth-order valence-corrected chi connectivity index (χ4v) is 2.70. The Morgan fingerprint density at radius 1 is 1.25 bits per heavy atom. The Morgan fingerprint density at radius 2 is 1.96 bits per heavy atom. The summed E-state index contributed by atoms with van der Waals surface area (Å²) in [6.07, 6.45) is 1.44. The van der Waals surface area contributed by atoms with Crippen LogP contribution in [0.15, 0.2) is 27.8 Å². The number of amides is 1. The fourth-order valence-electron chi connectivity index (χ4n) is 2.53. The highest BCUT2D eigenvalue weighted by atomic mass is 35.5. The third-order valence-electron chi connectivity index (χ3n) is 3.96. The van der Waals surface area contributed by atoms with Gasteiger partial charge in [-0.25, -0.2) is 4.79 Å². The summed E-state index contributed by atoms with van der Waals surface area (Å²) >= 11 is 6.01. The first-order valence-electron chi connectivity index (χ1n) is 8.11. The molecule has 2 aromatic rings. The van der Waals surface area contributed by atoms with Gasteiger partial charge in [-0.15, -0.1) is 0 Å². The second-order valence-electron chi connectivity index (χ2n) is 5.86. The molecule has 1 heterocycles. The summed E-state index contributed by atoms with van der Waals surface area (Å²) in [5, 5.41) is 3.62. The van der Waals surface area contributed by atoms with Crippen LogP contribution in [0.25, 0.3) is 10.9 Å². The normalized spacial score (nSPS) is 12.3. The van der Waals surface area contributed by atoms with Crippen molar-refractivity contribution in [2.45, 2.75) is 52.7 Å². The molecule has 2 rings (SSSR count). The molecule has 1 atom stereocenters. The van der Waals surface area contributed by atoms with Crippen LogP contribution < -0.4 is 16.6 Å². The second kappa shape index (κ2) is 7.66. The topological polar surface area (TPSA) is 73.1 Å². The molecule has 6 nitrogen and oxygen atoms in total. The highest BCUT2D eigenvalue weighted by Gasteiger charge is 2.16. The summed E-state index contributed by atoms with van der Waals surface area (Å²) in [6.45, 7) is 5.91. The highest BCUT2D eigenvalue weighted by molar-refractivity contribution is 6.31. The van der Waals surface area contributed by atoms with Gasteiger partial charge in [0.25, 0.3) is 5.56 Å². The van der Waals surface area contributed by atoms with Gasteiger partial charge in [0.1, 0.15) is 6.54 Å².